The van der Waals surface area contributed by atoms with Crippen LogP contribution in [-0.2, 0) is 9.84 Å². The Bertz CT molecular complexity index is 890. The fraction of sp³-hybridized carbons (Fsp3) is 0.474. The van der Waals surface area contributed by atoms with E-state index in [0.717, 1.165) is 25.9 Å². The Balaban J connectivity index is 2.03. The standard InChI is InChI=1S/C19H22F2N2O2S/c1-3-5-17-15(12-18(20)21)14-6-4-7-16(19(14)26(17,24)25)22-13-8-10-23(2)11-9-13/h4,6-7,13,18,22H,8-12H2,1-2H3. The van der Waals surface area contributed by atoms with Crippen LogP contribution in [0.15, 0.2) is 28.0 Å². The molecule has 0 atom stereocenters. The molecule has 0 saturated carbocycles. The molecule has 2 aliphatic heterocycles. The van der Waals surface area contributed by atoms with E-state index in [1.165, 1.54) is 6.92 Å². The van der Waals surface area contributed by atoms with Crippen molar-refractivity contribution in [2.75, 3.05) is 25.5 Å². The molecular formula is C19H22F2N2O2S. The van der Waals surface area contributed by atoms with Crippen molar-refractivity contribution in [3.8, 4) is 11.8 Å². The lowest BCUT2D eigenvalue weighted by molar-refractivity contribution is 0.155. The van der Waals surface area contributed by atoms with Crippen LogP contribution in [0.2, 0.25) is 0 Å². The number of nitrogens with zero attached hydrogens (tertiary/aromatic N) is 1. The van der Waals surface area contributed by atoms with E-state index < -0.39 is 22.7 Å². The topological polar surface area (TPSA) is 49.4 Å². The maximum Gasteiger partial charge on any atom is 0.242 e. The van der Waals surface area contributed by atoms with Gasteiger partial charge in [-0.1, -0.05) is 18.1 Å². The Hall–Kier alpha value is -1.91. The third-order valence-electron chi connectivity index (χ3n) is 4.83. The highest BCUT2D eigenvalue weighted by Gasteiger charge is 2.38. The van der Waals surface area contributed by atoms with Gasteiger partial charge in [0.25, 0.3) is 0 Å². The van der Waals surface area contributed by atoms with Gasteiger partial charge >= 0.3 is 0 Å². The largest absolute Gasteiger partial charge is 0.381 e. The van der Waals surface area contributed by atoms with Crippen LogP contribution in [0.25, 0.3) is 5.57 Å². The second-order valence-corrected chi connectivity index (χ2v) is 8.51. The summed E-state index contributed by atoms with van der Waals surface area (Å²) in [5, 5.41) is 3.33. The predicted octanol–water partition coefficient (Wildman–Crippen LogP) is 3.37. The SMILES string of the molecule is CC#CC1=C(CC(F)F)c2cccc(NC3CCN(C)CC3)c2S1(=O)=O. The molecule has 0 radical (unpaired) electrons. The van der Waals surface area contributed by atoms with Crippen molar-refractivity contribution in [3.05, 3.63) is 28.7 Å². The Morgan fingerprint density at radius 2 is 2.00 bits per heavy atom. The summed E-state index contributed by atoms with van der Waals surface area (Å²) in [6.45, 7) is 3.37. The molecule has 1 aromatic rings. The third kappa shape index (κ3) is 3.49. The van der Waals surface area contributed by atoms with Gasteiger partial charge in [0, 0.05) is 18.0 Å². The second kappa shape index (κ2) is 7.37. The van der Waals surface area contributed by atoms with E-state index >= 15 is 0 Å². The molecule has 140 valence electrons. The minimum absolute atomic E-state index is 0.0901. The summed E-state index contributed by atoms with van der Waals surface area (Å²) in [7, 11) is -1.84. The lowest BCUT2D eigenvalue weighted by Gasteiger charge is -2.30. The molecule has 1 saturated heterocycles. The minimum atomic E-state index is -3.90. The van der Waals surface area contributed by atoms with E-state index in [1.54, 1.807) is 18.2 Å². The van der Waals surface area contributed by atoms with Crippen molar-refractivity contribution in [3.63, 3.8) is 0 Å². The lowest BCUT2D eigenvalue weighted by atomic mass is 10.0. The van der Waals surface area contributed by atoms with Gasteiger partial charge in [0.05, 0.1) is 5.69 Å². The first kappa shape index (κ1) is 18.9. The number of allylic oxidation sites excluding steroid dienone is 2. The number of piperidine rings is 1. The highest BCUT2D eigenvalue weighted by Crippen LogP contribution is 2.45. The maximum atomic E-state index is 13.1. The minimum Gasteiger partial charge on any atom is -0.381 e. The molecule has 0 amide bonds. The van der Waals surface area contributed by atoms with Gasteiger partial charge in [-0.2, -0.15) is 0 Å². The number of alkyl halides is 2. The third-order valence-corrected chi connectivity index (χ3v) is 6.69. The number of fused-ring (bicyclic) bond motifs is 1. The summed E-state index contributed by atoms with van der Waals surface area (Å²) in [5.74, 6) is 5.10. The number of rotatable bonds is 4. The van der Waals surface area contributed by atoms with E-state index in [-0.39, 0.29) is 21.4 Å². The van der Waals surface area contributed by atoms with Gasteiger partial charge in [0.1, 0.15) is 9.80 Å². The number of benzene rings is 1. The number of sulfone groups is 1. The highest BCUT2D eigenvalue weighted by atomic mass is 32.2. The molecular weight excluding hydrogens is 358 g/mol. The molecule has 3 rings (SSSR count). The molecule has 2 aliphatic rings. The van der Waals surface area contributed by atoms with Crippen LogP contribution in [0.3, 0.4) is 0 Å². The molecule has 0 aromatic heterocycles. The van der Waals surface area contributed by atoms with Gasteiger partial charge in [-0.05, 0) is 51.5 Å². The maximum absolute atomic E-state index is 13.1. The lowest BCUT2D eigenvalue weighted by Crippen LogP contribution is -2.36. The van der Waals surface area contributed by atoms with Crippen LogP contribution in [0.1, 0.15) is 31.7 Å². The monoisotopic (exact) mass is 380 g/mol. The number of halogens is 2. The van der Waals surface area contributed by atoms with E-state index in [4.69, 9.17) is 0 Å². The first-order valence-electron chi connectivity index (χ1n) is 8.62. The van der Waals surface area contributed by atoms with Gasteiger partial charge in [-0.15, -0.1) is 5.92 Å². The average Bonchev–Trinajstić information content (AvgIpc) is 2.79. The quantitative estimate of drug-likeness (QED) is 0.814. The Kier molecular flexibility index (Phi) is 5.35. The number of nitrogens with one attached hydrogen (secondary N) is 1. The Morgan fingerprint density at radius 3 is 2.62 bits per heavy atom. The van der Waals surface area contributed by atoms with E-state index in [2.05, 4.69) is 29.1 Å². The van der Waals surface area contributed by atoms with Crippen molar-refractivity contribution >= 4 is 21.1 Å². The average molecular weight is 380 g/mol. The van der Waals surface area contributed by atoms with Gasteiger partial charge in [-0.3, -0.25) is 0 Å². The van der Waals surface area contributed by atoms with Crippen molar-refractivity contribution in [2.24, 2.45) is 0 Å². The van der Waals surface area contributed by atoms with Crippen molar-refractivity contribution in [1.82, 2.24) is 4.90 Å². The zero-order valence-electron chi connectivity index (χ0n) is 14.9. The molecule has 2 heterocycles. The van der Waals surface area contributed by atoms with Crippen molar-refractivity contribution in [1.29, 1.82) is 0 Å². The molecule has 0 spiro atoms. The molecule has 4 nitrogen and oxygen atoms in total. The fourth-order valence-corrected chi connectivity index (χ4v) is 5.41. The second-order valence-electron chi connectivity index (χ2n) is 6.69. The van der Waals surface area contributed by atoms with Crippen LogP contribution in [0.4, 0.5) is 14.5 Å². The van der Waals surface area contributed by atoms with E-state index in [9.17, 15) is 17.2 Å². The fourth-order valence-electron chi connectivity index (χ4n) is 3.55. The van der Waals surface area contributed by atoms with E-state index in [0.29, 0.717) is 11.3 Å². The highest BCUT2D eigenvalue weighted by molar-refractivity contribution is 7.96. The van der Waals surface area contributed by atoms with E-state index in [1.807, 2.05) is 0 Å². The molecule has 26 heavy (non-hydrogen) atoms. The summed E-state index contributed by atoms with van der Waals surface area (Å²) in [5.41, 5.74) is 0.953. The molecule has 1 fully saturated rings. The smallest absolute Gasteiger partial charge is 0.242 e. The van der Waals surface area contributed by atoms with Gasteiger partial charge < -0.3 is 10.2 Å². The molecule has 1 aromatic carbocycles. The molecule has 0 unspecified atom stereocenters. The first-order chi connectivity index (χ1) is 12.3. The number of hydrogen-bond acceptors (Lipinski definition) is 4. The summed E-state index contributed by atoms with van der Waals surface area (Å²) in [6.07, 6.45) is -1.45. The first-order valence-corrected chi connectivity index (χ1v) is 10.1. The number of hydrogen-bond donors (Lipinski definition) is 1. The van der Waals surface area contributed by atoms with Crippen molar-refractivity contribution < 1.29 is 17.2 Å². The van der Waals surface area contributed by atoms with Gasteiger partial charge in [-0.25, -0.2) is 17.2 Å². The molecule has 0 bridgehead atoms. The molecule has 0 aliphatic carbocycles. The van der Waals surface area contributed by atoms with Crippen LogP contribution >= 0.6 is 0 Å². The van der Waals surface area contributed by atoms with Crippen LogP contribution in [0, 0.1) is 11.8 Å². The van der Waals surface area contributed by atoms with Gasteiger partial charge in [0.15, 0.2) is 0 Å². The Labute approximate surface area is 153 Å². The molecule has 7 heteroatoms. The predicted molar refractivity (Wildman–Crippen MR) is 98.8 cm³/mol. The zero-order valence-corrected chi connectivity index (χ0v) is 15.7. The van der Waals surface area contributed by atoms with Crippen LogP contribution in [-0.4, -0.2) is 45.9 Å². The van der Waals surface area contributed by atoms with Gasteiger partial charge in [0.2, 0.25) is 16.3 Å². The van der Waals surface area contributed by atoms with Crippen molar-refractivity contribution in [2.45, 2.75) is 43.5 Å². The normalized spacial score (nSPS) is 20.0. The number of likely N-dealkylation sites (tertiary alicyclic amines) is 1. The zero-order chi connectivity index (χ0) is 18.9. The van der Waals surface area contributed by atoms with Crippen LogP contribution in [0.5, 0.6) is 0 Å². The summed E-state index contributed by atoms with van der Waals surface area (Å²) in [6, 6.07) is 5.17. The molecule has 1 N–H and O–H groups in total. The van der Waals surface area contributed by atoms with Crippen LogP contribution < -0.4 is 5.32 Å². The summed E-state index contributed by atoms with van der Waals surface area (Å²) < 4.78 is 52.2. The summed E-state index contributed by atoms with van der Waals surface area (Å²) in [4.78, 5) is 2.13. The number of anilines is 1. The Morgan fingerprint density at radius 1 is 1.31 bits per heavy atom. The summed E-state index contributed by atoms with van der Waals surface area (Å²) >= 11 is 0.